The molecule has 6 nitrogen and oxygen atoms in total. The maximum absolute atomic E-state index is 12.3. The lowest BCUT2D eigenvalue weighted by Gasteiger charge is -2.10. The fourth-order valence-electron chi connectivity index (χ4n) is 2.14. The molecule has 2 aromatic rings. The maximum atomic E-state index is 12.3. The number of hydrogen-bond acceptors (Lipinski definition) is 5. The molecule has 0 radical (unpaired) electrons. The number of alkyl halides is 2. The van der Waals surface area contributed by atoms with Gasteiger partial charge in [-0.2, -0.15) is 13.9 Å². The first-order valence-electron chi connectivity index (χ1n) is 8.18. The van der Waals surface area contributed by atoms with Crippen LogP contribution in [0.15, 0.2) is 47.6 Å². The number of nitrogens with zero attached hydrogens (tertiary/aromatic N) is 1. The van der Waals surface area contributed by atoms with Crippen LogP contribution >= 0.6 is 0 Å². The van der Waals surface area contributed by atoms with Crippen molar-refractivity contribution in [2.75, 3.05) is 13.7 Å². The fraction of sp³-hybridized carbons (Fsp3) is 0.263. The lowest BCUT2D eigenvalue weighted by Crippen LogP contribution is -2.24. The van der Waals surface area contributed by atoms with E-state index < -0.39 is 12.5 Å². The lowest BCUT2D eigenvalue weighted by molar-refractivity contribution is -0.123. The van der Waals surface area contributed by atoms with Gasteiger partial charge in [-0.15, -0.1) is 0 Å². The van der Waals surface area contributed by atoms with Crippen LogP contribution in [0.5, 0.6) is 17.2 Å². The molecule has 0 aliphatic rings. The zero-order chi connectivity index (χ0) is 19.6. The molecule has 8 heteroatoms. The number of ether oxygens (including phenoxy) is 3. The summed E-state index contributed by atoms with van der Waals surface area (Å²) in [5.74, 6) is 0.196. The van der Waals surface area contributed by atoms with Crippen molar-refractivity contribution in [2.24, 2.45) is 5.10 Å². The van der Waals surface area contributed by atoms with E-state index in [1.165, 1.54) is 37.1 Å². The van der Waals surface area contributed by atoms with Crippen molar-refractivity contribution in [2.45, 2.75) is 20.0 Å². The normalized spacial score (nSPS) is 10.9. The van der Waals surface area contributed by atoms with Gasteiger partial charge >= 0.3 is 6.61 Å². The molecule has 0 aromatic heterocycles. The maximum Gasteiger partial charge on any atom is 0.387 e. The molecular weight excluding hydrogens is 358 g/mol. The minimum absolute atomic E-state index is 0.0869. The number of halogens is 2. The van der Waals surface area contributed by atoms with Gasteiger partial charge in [0.05, 0.1) is 13.3 Å². The van der Waals surface area contributed by atoms with Gasteiger partial charge in [0.2, 0.25) is 0 Å². The third-order valence-electron chi connectivity index (χ3n) is 3.51. The highest BCUT2D eigenvalue weighted by Crippen LogP contribution is 2.28. The van der Waals surface area contributed by atoms with E-state index in [1.807, 2.05) is 12.1 Å². The summed E-state index contributed by atoms with van der Waals surface area (Å²) in [6.45, 7) is -1.08. The highest BCUT2D eigenvalue weighted by Gasteiger charge is 2.10. The molecule has 0 bridgehead atoms. The second kappa shape index (κ2) is 10.1. The average Bonchev–Trinajstić information content (AvgIpc) is 2.67. The summed E-state index contributed by atoms with van der Waals surface area (Å²) in [5.41, 5.74) is 4.03. The predicted molar refractivity (Wildman–Crippen MR) is 96.7 cm³/mol. The lowest BCUT2D eigenvalue weighted by atomic mass is 10.2. The van der Waals surface area contributed by atoms with Gasteiger partial charge in [0.25, 0.3) is 5.91 Å². The molecule has 0 aliphatic carbocycles. The molecule has 0 aliphatic heterocycles. The monoisotopic (exact) mass is 378 g/mol. The summed E-state index contributed by atoms with van der Waals surface area (Å²) in [5, 5.41) is 3.80. The van der Waals surface area contributed by atoms with E-state index in [0.717, 1.165) is 6.42 Å². The Morgan fingerprint density at radius 1 is 1.19 bits per heavy atom. The molecule has 0 heterocycles. The SMILES string of the molecule is CCc1ccc(OCC(=O)N/N=C\c2ccc(OC(F)F)c(OC)c2)cc1. The number of methoxy groups -OCH3 is 1. The molecular formula is C19H20F2N2O4. The molecule has 0 saturated carbocycles. The van der Waals surface area contributed by atoms with E-state index in [-0.39, 0.29) is 18.1 Å². The van der Waals surface area contributed by atoms with Crippen molar-refractivity contribution in [3.63, 3.8) is 0 Å². The predicted octanol–water partition coefficient (Wildman–Crippen LogP) is 3.39. The summed E-state index contributed by atoms with van der Waals surface area (Å²) in [6, 6.07) is 11.7. The van der Waals surface area contributed by atoms with Gasteiger partial charge < -0.3 is 14.2 Å². The summed E-state index contributed by atoms with van der Waals surface area (Å²) in [4.78, 5) is 11.8. The van der Waals surface area contributed by atoms with E-state index in [9.17, 15) is 13.6 Å². The van der Waals surface area contributed by atoms with Crippen LogP contribution in [-0.2, 0) is 11.2 Å². The Kier molecular flexibility index (Phi) is 7.54. The summed E-state index contributed by atoms with van der Waals surface area (Å²) >= 11 is 0. The summed E-state index contributed by atoms with van der Waals surface area (Å²) in [7, 11) is 1.33. The first kappa shape index (κ1) is 20.2. The number of carbonyl (C=O) groups is 1. The molecule has 0 unspecified atom stereocenters. The standard InChI is InChI=1S/C19H20F2N2O4/c1-3-13-4-7-15(8-5-13)26-12-18(24)23-22-11-14-6-9-16(27-19(20)21)17(10-14)25-2/h4-11,19H,3,12H2,1-2H3,(H,23,24)/b22-11-. The third kappa shape index (κ3) is 6.58. The second-order valence-electron chi connectivity index (χ2n) is 5.37. The Morgan fingerprint density at radius 3 is 2.56 bits per heavy atom. The number of amides is 1. The Balaban J connectivity index is 1.85. The Bertz CT molecular complexity index is 780. The van der Waals surface area contributed by atoms with Gasteiger partial charge in [-0.05, 0) is 47.9 Å². The molecule has 1 amide bonds. The van der Waals surface area contributed by atoms with Crippen LogP contribution in [0.3, 0.4) is 0 Å². The minimum Gasteiger partial charge on any atom is -0.493 e. The van der Waals surface area contributed by atoms with Gasteiger partial charge in [0, 0.05) is 0 Å². The van der Waals surface area contributed by atoms with Gasteiger partial charge in [0.1, 0.15) is 5.75 Å². The number of hydrazone groups is 1. The highest BCUT2D eigenvalue weighted by atomic mass is 19.3. The van der Waals surface area contributed by atoms with Crippen molar-refractivity contribution in [1.29, 1.82) is 0 Å². The van der Waals surface area contributed by atoms with E-state index in [0.29, 0.717) is 11.3 Å². The number of benzene rings is 2. The van der Waals surface area contributed by atoms with Crippen LogP contribution in [-0.4, -0.2) is 32.4 Å². The van der Waals surface area contributed by atoms with Crippen LogP contribution in [0.4, 0.5) is 8.78 Å². The van der Waals surface area contributed by atoms with Gasteiger partial charge in [-0.1, -0.05) is 19.1 Å². The largest absolute Gasteiger partial charge is 0.493 e. The smallest absolute Gasteiger partial charge is 0.387 e. The number of nitrogens with one attached hydrogen (secondary N) is 1. The van der Waals surface area contributed by atoms with Gasteiger partial charge in [-0.25, -0.2) is 5.43 Å². The van der Waals surface area contributed by atoms with E-state index in [2.05, 4.69) is 22.2 Å². The summed E-state index contributed by atoms with van der Waals surface area (Å²) in [6.07, 6.45) is 2.28. The van der Waals surface area contributed by atoms with Crippen molar-refractivity contribution < 1.29 is 27.8 Å². The topological polar surface area (TPSA) is 69.2 Å². The van der Waals surface area contributed by atoms with Crippen LogP contribution in [0.2, 0.25) is 0 Å². The van der Waals surface area contributed by atoms with Crippen LogP contribution in [0.25, 0.3) is 0 Å². The quantitative estimate of drug-likeness (QED) is 0.536. The molecule has 0 atom stereocenters. The number of rotatable bonds is 9. The molecule has 1 N–H and O–H groups in total. The molecule has 0 saturated heterocycles. The first-order valence-corrected chi connectivity index (χ1v) is 8.18. The molecule has 2 aromatic carbocycles. The minimum atomic E-state index is -2.95. The van der Waals surface area contributed by atoms with Crippen LogP contribution in [0.1, 0.15) is 18.1 Å². The zero-order valence-electron chi connectivity index (χ0n) is 14.9. The Morgan fingerprint density at radius 2 is 1.93 bits per heavy atom. The van der Waals surface area contributed by atoms with E-state index in [1.54, 1.807) is 12.1 Å². The summed E-state index contributed by atoms with van der Waals surface area (Å²) < 4.78 is 39.3. The average molecular weight is 378 g/mol. The Labute approximate surface area is 155 Å². The van der Waals surface area contributed by atoms with Crippen molar-refractivity contribution >= 4 is 12.1 Å². The number of hydrogen-bond donors (Lipinski definition) is 1. The van der Waals surface area contributed by atoms with E-state index >= 15 is 0 Å². The highest BCUT2D eigenvalue weighted by molar-refractivity contribution is 5.83. The van der Waals surface area contributed by atoms with Gasteiger partial charge in [0.15, 0.2) is 18.1 Å². The molecule has 0 spiro atoms. The molecule has 2 rings (SSSR count). The second-order valence-corrected chi connectivity index (χ2v) is 5.37. The van der Waals surface area contributed by atoms with Crippen molar-refractivity contribution in [3.05, 3.63) is 53.6 Å². The fourth-order valence-corrected chi connectivity index (χ4v) is 2.14. The number of carbonyl (C=O) groups excluding carboxylic acids is 1. The van der Waals surface area contributed by atoms with Crippen LogP contribution in [0, 0.1) is 0 Å². The van der Waals surface area contributed by atoms with Crippen LogP contribution < -0.4 is 19.6 Å². The molecule has 144 valence electrons. The van der Waals surface area contributed by atoms with E-state index in [4.69, 9.17) is 9.47 Å². The molecule has 27 heavy (non-hydrogen) atoms. The Hall–Kier alpha value is -3.16. The molecule has 0 fully saturated rings. The first-order chi connectivity index (χ1) is 13.0. The van der Waals surface area contributed by atoms with Crippen molar-refractivity contribution in [3.8, 4) is 17.2 Å². The zero-order valence-corrected chi connectivity index (χ0v) is 14.9. The third-order valence-corrected chi connectivity index (χ3v) is 3.51. The number of aryl methyl sites for hydroxylation is 1. The van der Waals surface area contributed by atoms with Gasteiger partial charge in [-0.3, -0.25) is 4.79 Å². The van der Waals surface area contributed by atoms with Crippen molar-refractivity contribution in [1.82, 2.24) is 5.43 Å².